The lowest BCUT2D eigenvalue weighted by atomic mass is 9.94. The van der Waals surface area contributed by atoms with Gasteiger partial charge < -0.3 is 15.3 Å². The van der Waals surface area contributed by atoms with E-state index in [4.69, 9.17) is 4.98 Å². The average Bonchev–Trinajstić information content (AvgIpc) is 3.23. The third-order valence-corrected chi connectivity index (χ3v) is 6.33. The zero-order chi connectivity index (χ0) is 20.1. The minimum absolute atomic E-state index is 0.145. The summed E-state index contributed by atoms with van der Waals surface area (Å²) in [6.07, 6.45) is 9.86. The van der Waals surface area contributed by atoms with Gasteiger partial charge in [0, 0.05) is 25.0 Å². The second-order valence-corrected chi connectivity index (χ2v) is 8.48. The van der Waals surface area contributed by atoms with Crippen molar-refractivity contribution >= 4 is 28.1 Å². The Morgan fingerprint density at radius 3 is 2.79 bits per heavy atom. The standard InChI is InChI=1S/C22H27N5OS/c1-16-10-11-23-21(14-16)26-20-9-5-8-18(25-20)19-15-24-22(29-19)27(12-13-28)17-6-3-2-4-7-17/h5,8-11,14-15,17,28H,2-4,6-7,12-13H2,1H3,(H,23,25,26). The molecule has 0 radical (unpaired) electrons. The number of thiazole rings is 1. The van der Waals surface area contributed by atoms with Gasteiger partial charge in [-0.2, -0.15) is 0 Å². The topological polar surface area (TPSA) is 74.2 Å². The molecule has 0 atom stereocenters. The van der Waals surface area contributed by atoms with E-state index >= 15 is 0 Å². The second kappa shape index (κ2) is 9.33. The Balaban J connectivity index is 1.54. The van der Waals surface area contributed by atoms with Crippen LogP contribution in [0.4, 0.5) is 16.8 Å². The first-order valence-corrected chi connectivity index (χ1v) is 11.0. The van der Waals surface area contributed by atoms with Crippen molar-refractivity contribution < 1.29 is 5.11 Å². The van der Waals surface area contributed by atoms with Gasteiger partial charge in [-0.25, -0.2) is 15.0 Å². The predicted octanol–water partition coefficient (Wildman–Crippen LogP) is 4.78. The lowest BCUT2D eigenvalue weighted by Crippen LogP contribution is -2.38. The van der Waals surface area contributed by atoms with Gasteiger partial charge in [-0.1, -0.05) is 36.7 Å². The number of aryl methyl sites for hydroxylation is 1. The molecule has 1 aliphatic rings. The summed E-state index contributed by atoms with van der Waals surface area (Å²) in [5, 5.41) is 13.8. The maximum atomic E-state index is 9.56. The molecule has 0 bridgehead atoms. The number of aliphatic hydroxyl groups is 1. The Labute approximate surface area is 175 Å². The summed E-state index contributed by atoms with van der Waals surface area (Å²) in [6.45, 7) is 2.82. The van der Waals surface area contributed by atoms with E-state index < -0.39 is 0 Å². The van der Waals surface area contributed by atoms with Crippen molar-refractivity contribution in [3.63, 3.8) is 0 Å². The maximum Gasteiger partial charge on any atom is 0.186 e. The molecule has 0 spiro atoms. The van der Waals surface area contributed by atoms with Crippen LogP contribution in [0.1, 0.15) is 37.7 Å². The molecule has 0 amide bonds. The van der Waals surface area contributed by atoms with Crippen LogP contribution in [-0.2, 0) is 0 Å². The monoisotopic (exact) mass is 409 g/mol. The third-order valence-electron chi connectivity index (χ3n) is 5.27. The highest BCUT2D eigenvalue weighted by Crippen LogP contribution is 2.34. The van der Waals surface area contributed by atoms with Crippen LogP contribution >= 0.6 is 11.3 Å². The normalized spacial score (nSPS) is 14.7. The lowest BCUT2D eigenvalue weighted by Gasteiger charge is -2.33. The molecule has 1 fully saturated rings. The molecule has 3 aromatic heterocycles. The minimum Gasteiger partial charge on any atom is -0.395 e. The molecular formula is C22H27N5OS. The Kier molecular flexibility index (Phi) is 6.36. The van der Waals surface area contributed by atoms with Gasteiger partial charge in [-0.15, -0.1) is 0 Å². The minimum atomic E-state index is 0.145. The largest absolute Gasteiger partial charge is 0.395 e. The first-order valence-electron chi connectivity index (χ1n) is 10.2. The summed E-state index contributed by atoms with van der Waals surface area (Å²) in [4.78, 5) is 17.1. The van der Waals surface area contributed by atoms with E-state index in [0.29, 0.717) is 12.6 Å². The predicted molar refractivity (Wildman–Crippen MR) is 119 cm³/mol. The molecule has 0 saturated heterocycles. The van der Waals surface area contributed by atoms with Gasteiger partial charge in [0.25, 0.3) is 0 Å². The van der Waals surface area contributed by atoms with Crippen LogP contribution < -0.4 is 10.2 Å². The number of hydrogen-bond donors (Lipinski definition) is 2. The molecular weight excluding hydrogens is 382 g/mol. The van der Waals surface area contributed by atoms with Crippen LogP contribution in [0.25, 0.3) is 10.6 Å². The molecule has 0 aromatic carbocycles. The zero-order valence-electron chi connectivity index (χ0n) is 16.7. The second-order valence-electron chi connectivity index (χ2n) is 7.47. The highest BCUT2D eigenvalue weighted by molar-refractivity contribution is 7.18. The van der Waals surface area contributed by atoms with Gasteiger partial charge in [0.1, 0.15) is 11.6 Å². The van der Waals surface area contributed by atoms with Gasteiger partial charge in [0.15, 0.2) is 5.13 Å². The number of pyridine rings is 2. The van der Waals surface area contributed by atoms with Crippen LogP contribution in [-0.4, -0.2) is 39.3 Å². The first kappa shape index (κ1) is 19.8. The van der Waals surface area contributed by atoms with Crippen molar-refractivity contribution in [3.8, 4) is 10.6 Å². The van der Waals surface area contributed by atoms with Crippen LogP contribution in [0.2, 0.25) is 0 Å². The van der Waals surface area contributed by atoms with Crippen LogP contribution in [0.15, 0.2) is 42.7 Å². The Bertz CT molecular complexity index is 938. The first-order chi connectivity index (χ1) is 14.2. The lowest BCUT2D eigenvalue weighted by molar-refractivity contribution is 0.290. The van der Waals surface area contributed by atoms with E-state index in [-0.39, 0.29) is 6.61 Å². The Hall–Kier alpha value is -2.51. The zero-order valence-corrected chi connectivity index (χ0v) is 17.5. The van der Waals surface area contributed by atoms with Crippen LogP contribution in [0.5, 0.6) is 0 Å². The smallest absolute Gasteiger partial charge is 0.186 e. The van der Waals surface area contributed by atoms with Gasteiger partial charge >= 0.3 is 0 Å². The Morgan fingerprint density at radius 2 is 2.00 bits per heavy atom. The quantitative estimate of drug-likeness (QED) is 0.585. The highest BCUT2D eigenvalue weighted by Gasteiger charge is 2.23. The van der Waals surface area contributed by atoms with E-state index in [1.807, 2.05) is 43.5 Å². The number of rotatable bonds is 7. The van der Waals surface area contributed by atoms with Crippen molar-refractivity contribution in [1.29, 1.82) is 0 Å². The fourth-order valence-corrected chi connectivity index (χ4v) is 4.81. The summed E-state index contributed by atoms with van der Waals surface area (Å²) in [7, 11) is 0. The number of nitrogens with zero attached hydrogens (tertiary/aromatic N) is 4. The molecule has 3 heterocycles. The SMILES string of the molecule is Cc1ccnc(Nc2cccc(-c3cnc(N(CCO)C4CCCCC4)s3)n2)c1. The van der Waals surface area contributed by atoms with E-state index in [2.05, 4.69) is 20.2 Å². The molecule has 1 aliphatic carbocycles. The number of aromatic nitrogens is 3. The van der Waals surface area contributed by atoms with E-state index in [0.717, 1.165) is 32.9 Å². The summed E-state index contributed by atoms with van der Waals surface area (Å²) >= 11 is 1.64. The number of hydrogen-bond acceptors (Lipinski definition) is 7. The fourth-order valence-electron chi connectivity index (χ4n) is 3.83. The molecule has 1 saturated carbocycles. The molecule has 29 heavy (non-hydrogen) atoms. The molecule has 6 nitrogen and oxygen atoms in total. The maximum absolute atomic E-state index is 9.56. The number of nitrogens with one attached hydrogen (secondary N) is 1. The van der Waals surface area contributed by atoms with Gasteiger partial charge in [0.2, 0.25) is 0 Å². The molecule has 2 N–H and O–H groups in total. The average molecular weight is 410 g/mol. The molecule has 0 unspecified atom stereocenters. The van der Waals surface area contributed by atoms with Gasteiger partial charge in [-0.3, -0.25) is 0 Å². The van der Waals surface area contributed by atoms with Crippen molar-refractivity contribution in [2.75, 3.05) is 23.4 Å². The number of anilines is 3. The van der Waals surface area contributed by atoms with Gasteiger partial charge in [-0.05, 0) is 49.6 Å². The summed E-state index contributed by atoms with van der Waals surface area (Å²) < 4.78 is 0. The van der Waals surface area contributed by atoms with Crippen molar-refractivity contribution in [1.82, 2.24) is 15.0 Å². The highest BCUT2D eigenvalue weighted by atomic mass is 32.1. The van der Waals surface area contributed by atoms with E-state index in [9.17, 15) is 5.11 Å². The van der Waals surface area contributed by atoms with Crippen molar-refractivity contribution in [2.24, 2.45) is 0 Å². The molecule has 152 valence electrons. The van der Waals surface area contributed by atoms with Crippen LogP contribution in [0, 0.1) is 6.92 Å². The van der Waals surface area contributed by atoms with E-state index in [1.54, 1.807) is 17.5 Å². The van der Waals surface area contributed by atoms with Crippen LogP contribution in [0.3, 0.4) is 0 Å². The Morgan fingerprint density at radius 1 is 1.14 bits per heavy atom. The molecule has 4 rings (SSSR count). The summed E-state index contributed by atoms with van der Waals surface area (Å²) in [6, 6.07) is 10.4. The van der Waals surface area contributed by atoms with Crippen molar-refractivity contribution in [3.05, 3.63) is 48.3 Å². The van der Waals surface area contributed by atoms with E-state index in [1.165, 1.54) is 32.1 Å². The molecule has 7 heteroatoms. The van der Waals surface area contributed by atoms with Crippen molar-refractivity contribution in [2.45, 2.75) is 45.1 Å². The number of aliphatic hydroxyl groups excluding tert-OH is 1. The van der Waals surface area contributed by atoms with Gasteiger partial charge in [0.05, 0.1) is 17.2 Å². The molecule has 0 aliphatic heterocycles. The molecule has 3 aromatic rings. The summed E-state index contributed by atoms with van der Waals surface area (Å²) in [5.74, 6) is 1.54. The summed E-state index contributed by atoms with van der Waals surface area (Å²) in [5.41, 5.74) is 2.04. The fraction of sp³-hybridized carbons (Fsp3) is 0.409. The third kappa shape index (κ3) is 4.92.